The molecule has 1 atom stereocenters. The van der Waals surface area contributed by atoms with Crippen molar-refractivity contribution in [3.8, 4) is 11.5 Å². The number of amides is 2. The van der Waals surface area contributed by atoms with Gasteiger partial charge in [-0.3, -0.25) is 0 Å². The molecule has 1 saturated heterocycles. The van der Waals surface area contributed by atoms with Crippen molar-refractivity contribution in [2.24, 2.45) is 5.41 Å². The van der Waals surface area contributed by atoms with Crippen molar-refractivity contribution in [3.63, 3.8) is 0 Å². The third-order valence-corrected chi connectivity index (χ3v) is 5.79. The molecule has 25 heavy (non-hydrogen) atoms. The first-order valence-corrected chi connectivity index (χ1v) is 9.33. The first-order valence-electron chi connectivity index (χ1n) is 9.33. The highest BCUT2D eigenvalue weighted by Crippen LogP contribution is 2.39. The molecule has 0 aromatic heterocycles. The Hall–Kier alpha value is -1.91. The van der Waals surface area contributed by atoms with Crippen molar-refractivity contribution < 1.29 is 14.3 Å². The molecule has 3 rings (SSSR count). The molecular weight excluding hydrogens is 316 g/mol. The van der Waals surface area contributed by atoms with Gasteiger partial charge < -0.3 is 19.7 Å². The van der Waals surface area contributed by atoms with E-state index in [0.717, 1.165) is 43.0 Å². The fourth-order valence-corrected chi connectivity index (χ4v) is 4.22. The molecule has 1 aliphatic heterocycles. The molecule has 5 nitrogen and oxygen atoms in total. The van der Waals surface area contributed by atoms with Gasteiger partial charge in [0, 0.05) is 24.7 Å². The number of hydrogen-bond donors (Lipinski definition) is 1. The van der Waals surface area contributed by atoms with Gasteiger partial charge in [-0.15, -0.1) is 0 Å². The Morgan fingerprint density at radius 3 is 2.68 bits per heavy atom. The molecule has 1 saturated carbocycles. The maximum Gasteiger partial charge on any atom is 0.317 e. The van der Waals surface area contributed by atoms with E-state index in [2.05, 4.69) is 12.2 Å². The molecule has 5 heteroatoms. The number of likely N-dealkylation sites (tertiary alicyclic amines) is 1. The predicted octanol–water partition coefficient (Wildman–Crippen LogP) is 4.13. The largest absolute Gasteiger partial charge is 0.497 e. The number of carbonyl (C=O) groups excluding carboxylic acids is 1. The Morgan fingerprint density at radius 2 is 2.00 bits per heavy atom. The fraction of sp³-hybridized carbons (Fsp3) is 0.650. The molecule has 1 aliphatic carbocycles. The third kappa shape index (κ3) is 3.86. The number of benzene rings is 1. The van der Waals surface area contributed by atoms with E-state index in [1.54, 1.807) is 14.2 Å². The minimum atomic E-state index is 0.0495. The average Bonchev–Trinajstić information content (AvgIpc) is 3.28. The maximum absolute atomic E-state index is 12.8. The van der Waals surface area contributed by atoms with Gasteiger partial charge in [0.15, 0.2) is 0 Å². The van der Waals surface area contributed by atoms with E-state index >= 15 is 0 Å². The van der Waals surface area contributed by atoms with E-state index in [0.29, 0.717) is 0 Å². The molecule has 0 radical (unpaired) electrons. The summed E-state index contributed by atoms with van der Waals surface area (Å²) >= 11 is 0. The Kier molecular flexibility index (Phi) is 5.40. The van der Waals surface area contributed by atoms with Gasteiger partial charge in [-0.05, 0) is 43.2 Å². The predicted molar refractivity (Wildman–Crippen MR) is 98.2 cm³/mol. The highest BCUT2D eigenvalue weighted by Gasteiger charge is 2.34. The standard InChI is InChI=1S/C20H30N2O3/c1-20(10-4-5-11-20)14-21-19(23)22-12-6-7-17(22)16-9-8-15(24-2)13-18(16)25-3/h8-9,13,17H,4-7,10-12,14H2,1-3H3,(H,21,23). The zero-order valence-corrected chi connectivity index (χ0v) is 15.6. The number of urea groups is 1. The van der Waals surface area contributed by atoms with Gasteiger partial charge in [0.05, 0.1) is 20.3 Å². The van der Waals surface area contributed by atoms with Crippen LogP contribution in [0.1, 0.15) is 57.1 Å². The molecule has 2 aliphatic rings. The lowest BCUT2D eigenvalue weighted by atomic mass is 9.89. The second-order valence-corrected chi connectivity index (χ2v) is 7.64. The molecule has 0 spiro atoms. The summed E-state index contributed by atoms with van der Waals surface area (Å²) in [5.74, 6) is 1.55. The minimum Gasteiger partial charge on any atom is -0.497 e. The minimum absolute atomic E-state index is 0.0495. The van der Waals surface area contributed by atoms with E-state index in [-0.39, 0.29) is 17.5 Å². The van der Waals surface area contributed by atoms with E-state index in [9.17, 15) is 4.79 Å². The zero-order chi connectivity index (χ0) is 17.9. The van der Waals surface area contributed by atoms with E-state index in [1.165, 1.54) is 25.7 Å². The smallest absolute Gasteiger partial charge is 0.317 e. The van der Waals surface area contributed by atoms with E-state index in [1.807, 2.05) is 23.1 Å². The molecular formula is C20H30N2O3. The fourth-order valence-electron chi connectivity index (χ4n) is 4.22. The lowest BCUT2D eigenvalue weighted by molar-refractivity contribution is 0.185. The van der Waals surface area contributed by atoms with Gasteiger partial charge in [-0.25, -0.2) is 4.79 Å². The van der Waals surface area contributed by atoms with Crippen LogP contribution in [0.15, 0.2) is 18.2 Å². The van der Waals surface area contributed by atoms with Crippen LogP contribution in [0.5, 0.6) is 11.5 Å². The van der Waals surface area contributed by atoms with Gasteiger partial charge in [0.2, 0.25) is 0 Å². The van der Waals surface area contributed by atoms with Crippen LogP contribution < -0.4 is 14.8 Å². The summed E-state index contributed by atoms with van der Waals surface area (Å²) < 4.78 is 10.8. The molecule has 2 fully saturated rings. The summed E-state index contributed by atoms with van der Waals surface area (Å²) in [6, 6.07) is 5.96. The van der Waals surface area contributed by atoms with E-state index in [4.69, 9.17) is 9.47 Å². The number of methoxy groups -OCH3 is 2. The SMILES string of the molecule is COc1ccc(C2CCCN2C(=O)NCC2(C)CCCC2)c(OC)c1. The Morgan fingerprint density at radius 1 is 1.24 bits per heavy atom. The van der Waals surface area contributed by atoms with Gasteiger partial charge >= 0.3 is 6.03 Å². The normalized spacial score (nSPS) is 22.0. The van der Waals surface area contributed by atoms with Gasteiger partial charge in [0.1, 0.15) is 11.5 Å². The lowest BCUT2D eigenvalue weighted by Gasteiger charge is -2.29. The van der Waals surface area contributed by atoms with Crippen molar-refractivity contribution in [2.45, 2.75) is 51.5 Å². The van der Waals surface area contributed by atoms with Crippen molar-refractivity contribution in [3.05, 3.63) is 23.8 Å². The van der Waals surface area contributed by atoms with Gasteiger partial charge in [0.25, 0.3) is 0 Å². The maximum atomic E-state index is 12.8. The molecule has 1 aromatic rings. The van der Waals surface area contributed by atoms with Crippen LogP contribution in [0.25, 0.3) is 0 Å². The molecule has 138 valence electrons. The highest BCUT2D eigenvalue weighted by molar-refractivity contribution is 5.75. The molecule has 0 bridgehead atoms. The second kappa shape index (κ2) is 7.54. The molecule has 1 N–H and O–H groups in total. The highest BCUT2D eigenvalue weighted by atomic mass is 16.5. The zero-order valence-electron chi connectivity index (χ0n) is 15.6. The molecule has 1 unspecified atom stereocenters. The van der Waals surface area contributed by atoms with Crippen LogP contribution in [0.4, 0.5) is 4.79 Å². The summed E-state index contributed by atoms with van der Waals surface area (Å²) in [4.78, 5) is 14.8. The summed E-state index contributed by atoms with van der Waals surface area (Å²) in [7, 11) is 3.31. The van der Waals surface area contributed by atoms with Crippen molar-refractivity contribution in [1.29, 1.82) is 0 Å². The lowest BCUT2D eigenvalue weighted by Crippen LogP contribution is -2.43. The summed E-state index contributed by atoms with van der Waals surface area (Å²) in [6.45, 7) is 3.85. The summed E-state index contributed by atoms with van der Waals surface area (Å²) in [5.41, 5.74) is 1.32. The topological polar surface area (TPSA) is 50.8 Å². The quantitative estimate of drug-likeness (QED) is 0.872. The Labute approximate surface area is 150 Å². The molecule has 1 heterocycles. The number of nitrogens with zero attached hydrogens (tertiary/aromatic N) is 1. The Balaban J connectivity index is 1.70. The second-order valence-electron chi connectivity index (χ2n) is 7.64. The average molecular weight is 346 g/mol. The van der Waals surface area contributed by atoms with Crippen LogP contribution in [0.3, 0.4) is 0 Å². The van der Waals surface area contributed by atoms with Crippen LogP contribution in [-0.2, 0) is 0 Å². The van der Waals surface area contributed by atoms with Crippen LogP contribution in [0.2, 0.25) is 0 Å². The molecule has 2 amide bonds. The van der Waals surface area contributed by atoms with Crippen LogP contribution in [0, 0.1) is 5.41 Å². The van der Waals surface area contributed by atoms with Crippen molar-refractivity contribution in [2.75, 3.05) is 27.3 Å². The van der Waals surface area contributed by atoms with Gasteiger partial charge in [-0.2, -0.15) is 0 Å². The number of carbonyl (C=O) groups is 1. The van der Waals surface area contributed by atoms with Crippen molar-refractivity contribution >= 4 is 6.03 Å². The number of hydrogen-bond acceptors (Lipinski definition) is 3. The molecule has 1 aromatic carbocycles. The van der Waals surface area contributed by atoms with E-state index < -0.39 is 0 Å². The first-order chi connectivity index (χ1) is 12.1. The summed E-state index contributed by atoms with van der Waals surface area (Å²) in [5, 5.41) is 3.19. The van der Waals surface area contributed by atoms with Crippen molar-refractivity contribution in [1.82, 2.24) is 10.2 Å². The monoisotopic (exact) mass is 346 g/mol. The summed E-state index contributed by atoms with van der Waals surface area (Å²) in [6.07, 6.45) is 6.97. The number of nitrogens with one attached hydrogen (secondary N) is 1. The Bertz CT molecular complexity index is 611. The third-order valence-electron chi connectivity index (χ3n) is 5.79. The van der Waals surface area contributed by atoms with Gasteiger partial charge in [-0.1, -0.05) is 19.8 Å². The number of ether oxygens (including phenoxy) is 2. The number of rotatable bonds is 5. The first kappa shape index (κ1) is 17.9. The van der Waals surface area contributed by atoms with Crippen LogP contribution in [-0.4, -0.2) is 38.2 Å². The van der Waals surface area contributed by atoms with Crippen LogP contribution >= 0.6 is 0 Å².